The molecule has 0 aliphatic carbocycles. The van der Waals surface area contributed by atoms with Crippen molar-refractivity contribution in [1.29, 1.82) is 0 Å². The number of carbonyl (C=O) groups excluding carboxylic acids is 2. The predicted molar refractivity (Wildman–Crippen MR) is 150 cm³/mol. The summed E-state index contributed by atoms with van der Waals surface area (Å²) in [6.07, 6.45) is 0.820. The van der Waals surface area contributed by atoms with Crippen molar-refractivity contribution in [1.82, 2.24) is 9.88 Å². The van der Waals surface area contributed by atoms with Crippen molar-refractivity contribution in [2.75, 3.05) is 12.9 Å². The summed E-state index contributed by atoms with van der Waals surface area (Å²) >= 11 is 0. The molecule has 0 atom stereocenters. The van der Waals surface area contributed by atoms with E-state index in [2.05, 4.69) is 5.32 Å². The molecule has 0 spiro atoms. The van der Waals surface area contributed by atoms with Crippen LogP contribution in [0.25, 0.3) is 11.1 Å². The van der Waals surface area contributed by atoms with Gasteiger partial charge in [-0.15, -0.1) is 0 Å². The van der Waals surface area contributed by atoms with E-state index in [1.54, 1.807) is 39.8 Å². The third-order valence-electron chi connectivity index (χ3n) is 5.99. The van der Waals surface area contributed by atoms with E-state index in [4.69, 9.17) is 9.47 Å². The number of ether oxygens (including phenoxy) is 2. The Morgan fingerprint density at radius 2 is 1.75 bits per heavy atom. The van der Waals surface area contributed by atoms with Gasteiger partial charge in [-0.1, -0.05) is 19.1 Å². The number of amides is 1. The first kappa shape index (κ1) is 30.6. The van der Waals surface area contributed by atoms with Gasteiger partial charge in [0, 0.05) is 48.3 Å². The highest BCUT2D eigenvalue weighted by Crippen LogP contribution is 2.31. The maximum absolute atomic E-state index is 14.0. The summed E-state index contributed by atoms with van der Waals surface area (Å²) in [4.78, 5) is 38.6. The van der Waals surface area contributed by atoms with E-state index in [0.29, 0.717) is 22.3 Å². The van der Waals surface area contributed by atoms with Gasteiger partial charge in [-0.3, -0.25) is 9.59 Å². The number of halogens is 1. The standard InChI is InChI=1S/C29H33FN2O7S/c1-7-40(36,37)17-18-8-10-21(27(34)19-9-11-24(30)25(13-19)38-6)22(12-18)23-16-32(5)26(33)14-20(23)15-31-28(35)39-29(2,3)4/h8-14,16H,7,15,17H2,1-6H3,(H,31,35). The van der Waals surface area contributed by atoms with Crippen LogP contribution in [-0.2, 0) is 33.9 Å². The molecule has 3 aromatic rings. The molecule has 0 fully saturated rings. The van der Waals surface area contributed by atoms with Crippen LogP contribution in [0.15, 0.2) is 53.5 Å². The van der Waals surface area contributed by atoms with Crippen LogP contribution >= 0.6 is 0 Å². The molecule has 0 saturated heterocycles. The molecule has 2 aromatic carbocycles. The van der Waals surface area contributed by atoms with Crippen molar-refractivity contribution in [3.05, 3.63) is 87.1 Å². The largest absolute Gasteiger partial charge is 0.494 e. The molecule has 214 valence electrons. The third-order valence-corrected chi connectivity index (χ3v) is 7.65. The summed E-state index contributed by atoms with van der Waals surface area (Å²) in [5.41, 5.74) is 0.815. The van der Waals surface area contributed by atoms with Gasteiger partial charge in [0.2, 0.25) is 0 Å². The minimum Gasteiger partial charge on any atom is -0.494 e. The number of methoxy groups -OCH3 is 1. The first-order valence-corrected chi connectivity index (χ1v) is 14.3. The molecular weight excluding hydrogens is 539 g/mol. The second-order valence-electron chi connectivity index (χ2n) is 10.3. The van der Waals surface area contributed by atoms with Crippen LogP contribution in [0, 0.1) is 5.82 Å². The van der Waals surface area contributed by atoms with E-state index in [9.17, 15) is 27.2 Å². The second kappa shape index (κ2) is 12.0. The average Bonchev–Trinajstić information content (AvgIpc) is 2.87. The number of hydrogen-bond acceptors (Lipinski definition) is 7. The fourth-order valence-electron chi connectivity index (χ4n) is 3.95. The molecule has 0 aliphatic heterocycles. The lowest BCUT2D eigenvalue weighted by Gasteiger charge is -2.20. The highest BCUT2D eigenvalue weighted by atomic mass is 32.2. The number of pyridine rings is 1. The van der Waals surface area contributed by atoms with Gasteiger partial charge < -0.3 is 19.4 Å². The van der Waals surface area contributed by atoms with Crippen LogP contribution in [-0.4, -0.2) is 43.3 Å². The summed E-state index contributed by atoms with van der Waals surface area (Å²) in [5.74, 6) is -1.54. The quantitative estimate of drug-likeness (QED) is 0.378. The van der Waals surface area contributed by atoms with Gasteiger partial charge in [-0.25, -0.2) is 17.6 Å². The lowest BCUT2D eigenvalue weighted by atomic mass is 9.91. The van der Waals surface area contributed by atoms with Crippen LogP contribution in [0.2, 0.25) is 0 Å². The fourth-order valence-corrected chi connectivity index (χ4v) is 4.85. The summed E-state index contributed by atoms with van der Waals surface area (Å²) in [6.45, 7) is 6.59. The number of rotatable bonds is 9. The SMILES string of the molecule is CCS(=O)(=O)Cc1ccc(C(=O)c2ccc(F)c(OC)c2)c(-c2cn(C)c(=O)cc2CNC(=O)OC(C)(C)C)c1. The first-order chi connectivity index (χ1) is 18.6. The maximum atomic E-state index is 14.0. The maximum Gasteiger partial charge on any atom is 0.407 e. The van der Waals surface area contributed by atoms with Crippen molar-refractivity contribution in [2.45, 2.75) is 45.6 Å². The lowest BCUT2D eigenvalue weighted by Crippen LogP contribution is -2.32. The summed E-state index contributed by atoms with van der Waals surface area (Å²) in [5, 5.41) is 2.63. The minimum atomic E-state index is -3.41. The predicted octanol–water partition coefficient (Wildman–Crippen LogP) is 4.39. The number of aryl methyl sites for hydroxylation is 1. The third kappa shape index (κ3) is 7.56. The molecule has 1 amide bonds. The Morgan fingerprint density at radius 3 is 2.38 bits per heavy atom. The number of ketones is 1. The van der Waals surface area contributed by atoms with E-state index in [-0.39, 0.29) is 40.5 Å². The van der Waals surface area contributed by atoms with E-state index >= 15 is 0 Å². The van der Waals surface area contributed by atoms with Gasteiger partial charge in [-0.2, -0.15) is 0 Å². The normalized spacial score (nSPS) is 11.7. The van der Waals surface area contributed by atoms with Crippen LogP contribution < -0.4 is 15.6 Å². The molecule has 1 heterocycles. The Balaban J connectivity index is 2.20. The number of sulfone groups is 1. The highest BCUT2D eigenvalue weighted by molar-refractivity contribution is 7.90. The van der Waals surface area contributed by atoms with Crippen molar-refractivity contribution in [2.24, 2.45) is 7.05 Å². The van der Waals surface area contributed by atoms with Gasteiger partial charge in [0.25, 0.3) is 5.56 Å². The van der Waals surface area contributed by atoms with Gasteiger partial charge in [0.05, 0.1) is 12.9 Å². The number of nitrogens with one attached hydrogen (secondary N) is 1. The number of nitrogens with zero attached hydrogens (tertiary/aromatic N) is 1. The molecule has 40 heavy (non-hydrogen) atoms. The monoisotopic (exact) mass is 572 g/mol. The zero-order valence-electron chi connectivity index (χ0n) is 23.3. The van der Waals surface area contributed by atoms with Crippen LogP contribution in [0.4, 0.5) is 9.18 Å². The Labute approximate surface area is 232 Å². The smallest absolute Gasteiger partial charge is 0.407 e. The molecule has 0 bridgehead atoms. The summed E-state index contributed by atoms with van der Waals surface area (Å²) in [7, 11) is -0.583. The molecule has 3 rings (SSSR count). The average molecular weight is 573 g/mol. The minimum absolute atomic E-state index is 0.0662. The van der Waals surface area contributed by atoms with Gasteiger partial charge in [-0.05, 0) is 61.7 Å². The summed E-state index contributed by atoms with van der Waals surface area (Å²) < 4.78 is 50.5. The second-order valence-corrected chi connectivity index (χ2v) is 12.6. The van der Waals surface area contributed by atoms with E-state index in [1.165, 1.54) is 49.2 Å². The van der Waals surface area contributed by atoms with E-state index in [1.807, 2.05) is 0 Å². The van der Waals surface area contributed by atoms with Crippen molar-refractivity contribution in [3.8, 4) is 16.9 Å². The molecule has 1 aromatic heterocycles. The van der Waals surface area contributed by atoms with Gasteiger partial charge >= 0.3 is 6.09 Å². The molecule has 1 N–H and O–H groups in total. The van der Waals surface area contributed by atoms with Gasteiger partial charge in [0.15, 0.2) is 27.2 Å². The zero-order chi connectivity index (χ0) is 29.8. The fraction of sp³-hybridized carbons (Fsp3) is 0.345. The van der Waals surface area contributed by atoms with E-state index in [0.717, 1.165) is 6.07 Å². The molecule has 9 nitrogen and oxygen atoms in total. The number of aromatic nitrogens is 1. The van der Waals surface area contributed by atoms with E-state index < -0.39 is 33.1 Å². The molecular formula is C29H33FN2O7S. The van der Waals surface area contributed by atoms with Crippen molar-refractivity contribution in [3.63, 3.8) is 0 Å². The summed E-state index contributed by atoms with van der Waals surface area (Å²) in [6, 6.07) is 9.69. The molecule has 0 unspecified atom stereocenters. The molecule has 11 heteroatoms. The topological polar surface area (TPSA) is 121 Å². The Morgan fingerprint density at radius 1 is 1.05 bits per heavy atom. The number of carbonyl (C=O) groups is 2. The Kier molecular flexibility index (Phi) is 9.19. The number of benzene rings is 2. The van der Waals surface area contributed by atoms with Crippen molar-refractivity contribution >= 4 is 21.7 Å². The molecule has 0 aliphatic rings. The highest BCUT2D eigenvalue weighted by Gasteiger charge is 2.22. The van der Waals surface area contributed by atoms with Crippen molar-refractivity contribution < 1.29 is 31.9 Å². The van der Waals surface area contributed by atoms with Crippen LogP contribution in [0.3, 0.4) is 0 Å². The molecule has 0 saturated carbocycles. The van der Waals surface area contributed by atoms with Crippen LogP contribution in [0.1, 0.15) is 54.7 Å². The molecule has 0 radical (unpaired) electrons. The first-order valence-electron chi connectivity index (χ1n) is 12.5. The zero-order valence-corrected chi connectivity index (χ0v) is 24.1. The number of alkyl carbamates (subject to hydrolysis) is 1. The van der Waals surface area contributed by atoms with Gasteiger partial charge in [0.1, 0.15) is 5.60 Å². The number of hydrogen-bond donors (Lipinski definition) is 1. The Bertz CT molecular complexity index is 1610. The lowest BCUT2D eigenvalue weighted by molar-refractivity contribution is 0.0523. The van der Waals surface area contributed by atoms with Crippen LogP contribution in [0.5, 0.6) is 5.75 Å². The Hall–Kier alpha value is -3.99.